The average molecular weight is 239 g/mol. The Morgan fingerprint density at radius 1 is 1.27 bits per heavy atom. The molecule has 0 aliphatic rings. The van der Waals surface area contributed by atoms with E-state index in [0.29, 0.717) is 0 Å². The first-order valence-electron chi connectivity index (χ1n) is 4.61. The van der Waals surface area contributed by atoms with Crippen LogP contribution in [0.25, 0.3) is 0 Å². The van der Waals surface area contributed by atoms with Crippen LogP contribution in [-0.4, -0.2) is 10.2 Å². The number of nitrogens with one attached hydrogen (secondary N) is 1. The van der Waals surface area contributed by atoms with E-state index in [4.69, 9.17) is 11.6 Å². The number of benzene rings is 1. The summed E-state index contributed by atoms with van der Waals surface area (Å²) in [6.45, 7) is 4.12. The summed E-state index contributed by atoms with van der Waals surface area (Å²) >= 11 is 7.75. The van der Waals surface area contributed by atoms with E-state index in [-0.39, 0.29) is 0 Å². The monoisotopic (exact) mass is 238 g/mol. The summed E-state index contributed by atoms with van der Waals surface area (Å²) in [6, 6.07) is 5.92. The molecule has 15 heavy (non-hydrogen) atoms. The first kappa shape index (κ1) is 10.6. The number of nitrogens with zero attached hydrogens (tertiary/aromatic N) is 1. The molecule has 78 valence electrons. The van der Waals surface area contributed by atoms with Gasteiger partial charge in [-0.3, -0.25) is 5.10 Å². The van der Waals surface area contributed by atoms with Crippen molar-refractivity contribution in [1.82, 2.24) is 10.2 Å². The van der Waals surface area contributed by atoms with E-state index in [2.05, 4.69) is 17.1 Å². The molecule has 0 atom stereocenters. The van der Waals surface area contributed by atoms with E-state index < -0.39 is 0 Å². The van der Waals surface area contributed by atoms with E-state index in [0.717, 1.165) is 15.6 Å². The molecule has 1 aromatic heterocycles. The fraction of sp³-hybridized carbons (Fsp3) is 0.182. The van der Waals surface area contributed by atoms with Crippen LogP contribution >= 0.6 is 23.4 Å². The number of hydrogen-bond donors (Lipinski definition) is 1. The van der Waals surface area contributed by atoms with Gasteiger partial charge in [0.1, 0.15) is 0 Å². The highest BCUT2D eigenvalue weighted by Gasteiger charge is 2.08. The van der Waals surface area contributed by atoms with Crippen molar-refractivity contribution in [2.45, 2.75) is 23.8 Å². The van der Waals surface area contributed by atoms with Gasteiger partial charge in [-0.2, -0.15) is 5.10 Å². The maximum absolute atomic E-state index is 6.09. The summed E-state index contributed by atoms with van der Waals surface area (Å²) in [5.41, 5.74) is 2.35. The van der Waals surface area contributed by atoms with E-state index in [1.54, 1.807) is 18.0 Å². The van der Waals surface area contributed by atoms with Crippen molar-refractivity contribution in [3.63, 3.8) is 0 Å². The maximum Gasteiger partial charge on any atom is 0.0955 e. The van der Waals surface area contributed by atoms with Crippen LogP contribution in [0.3, 0.4) is 0 Å². The second-order valence-corrected chi connectivity index (χ2v) is 4.80. The van der Waals surface area contributed by atoms with Crippen LogP contribution in [0, 0.1) is 13.8 Å². The van der Waals surface area contributed by atoms with Crippen LogP contribution in [0.15, 0.2) is 34.3 Å². The molecule has 1 heterocycles. The van der Waals surface area contributed by atoms with Gasteiger partial charge in [0.2, 0.25) is 0 Å². The second kappa shape index (κ2) is 4.29. The Hall–Kier alpha value is -0.930. The number of aromatic amines is 1. The summed E-state index contributed by atoms with van der Waals surface area (Å²) in [4.78, 5) is 1.20. The van der Waals surface area contributed by atoms with Crippen LogP contribution in [0.1, 0.15) is 11.1 Å². The van der Waals surface area contributed by atoms with Gasteiger partial charge in [-0.25, -0.2) is 0 Å². The van der Waals surface area contributed by atoms with E-state index >= 15 is 0 Å². The van der Waals surface area contributed by atoms with Crippen LogP contribution in [0.4, 0.5) is 0 Å². The van der Waals surface area contributed by atoms with E-state index in [1.807, 2.05) is 25.1 Å². The number of H-pyrrole nitrogens is 1. The van der Waals surface area contributed by atoms with Gasteiger partial charge in [0.25, 0.3) is 0 Å². The summed E-state index contributed by atoms with van der Waals surface area (Å²) in [5.74, 6) is 0. The lowest BCUT2D eigenvalue weighted by molar-refractivity contribution is 1.00. The van der Waals surface area contributed by atoms with Crippen LogP contribution in [-0.2, 0) is 0 Å². The third-order valence-corrected chi connectivity index (χ3v) is 3.91. The molecule has 0 radical (unpaired) electrons. The number of halogens is 1. The highest BCUT2D eigenvalue weighted by atomic mass is 35.5. The van der Waals surface area contributed by atoms with Crippen molar-refractivity contribution in [3.8, 4) is 0 Å². The number of rotatable bonds is 2. The van der Waals surface area contributed by atoms with Gasteiger partial charge in [0.15, 0.2) is 0 Å². The molecule has 2 nitrogen and oxygen atoms in total. The lowest BCUT2D eigenvalue weighted by Crippen LogP contribution is -1.86. The predicted octanol–water partition coefficient (Wildman–Crippen LogP) is 3.83. The molecule has 1 N–H and O–H groups in total. The minimum Gasteiger partial charge on any atom is -0.272 e. The van der Waals surface area contributed by atoms with Crippen molar-refractivity contribution in [2.24, 2.45) is 0 Å². The largest absolute Gasteiger partial charge is 0.272 e. The molecule has 0 saturated carbocycles. The third kappa shape index (κ3) is 2.19. The quantitative estimate of drug-likeness (QED) is 0.862. The molecule has 0 bridgehead atoms. The fourth-order valence-electron chi connectivity index (χ4n) is 1.37. The Labute approximate surface area is 98.0 Å². The summed E-state index contributed by atoms with van der Waals surface area (Å²) in [5, 5.41) is 8.69. The topological polar surface area (TPSA) is 28.7 Å². The predicted molar refractivity (Wildman–Crippen MR) is 63.6 cm³/mol. The van der Waals surface area contributed by atoms with Crippen LogP contribution in [0.2, 0.25) is 5.02 Å². The Bertz CT molecular complexity index is 466. The molecular weight excluding hydrogens is 228 g/mol. The normalized spacial score (nSPS) is 10.6. The zero-order valence-corrected chi connectivity index (χ0v) is 10.1. The molecule has 2 aromatic rings. The number of aromatic nitrogens is 2. The van der Waals surface area contributed by atoms with Crippen molar-refractivity contribution < 1.29 is 0 Å². The molecule has 0 spiro atoms. The van der Waals surface area contributed by atoms with Gasteiger partial charge >= 0.3 is 0 Å². The average Bonchev–Trinajstić information content (AvgIpc) is 2.71. The standard InChI is InChI=1S/C11H11ClN2S/c1-7-3-4-9(12)8(2)11(7)15-10-5-6-13-14-10/h3-6H,1-2H3,(H,13,14). The third-order valence-electron chi connectivity index (χ3n) is 2.22. The van der Waals surface area contributed by atoms with Gasteiger partial charge in [0, 0.05) is 16.1 Å². The first-order valence-corrected chi connectivity index (χ1v) is 5.81. The van der Waals surface area contributed by atoms with Gasteiger partial charge < -0.3 is 0 Å². The summed E-state index contributed by atoms with van der Waals surface area (Å²) in [6.07, 6.45) is 1.75. The maximum atomic E-state index is 6.09. The summed E-state index contributed by atoms with van der Waals surface area (Å²) < 4.78 is 0. The molecule has 1 aromatic carbocycles. The fourth-order valence-corrected chi connectivity index (χ4v) is 2.52. The number of aryl methyl sites for hydroxylation is 1. The summed E-state index contributed by atoms with van der Waals surface area (Å²) in [7, 11) is 0. The highest BCUT2D eigenvalue weighted by molar-refractivity contribution is 7.99. The van der Waals surface area contributed by atoms with Crippen molar-refractivity contribution in [3.05, 3.63) is 40.5 Å². The van der Waals surface area contributed by atoms with Crippen molar-refractivity contribution in [1.29, 1.82) is 0 Å². The molecule has 0 saturated heterocycles. The van der Waals surface area contributed by atoms with Crippen molar-refractivity contribution >= 4 is 23.4 Å². The van der Waals surface area contributed by atoms with Gasteiger partial charge in [-0.05, 0) is 37.1 Å². The molecule has 4 heteroatoms. The minimum absolute atomic E-state index is 0.808. The second-order valence-electron chi connectivity index (χ2n) is 3.34. The van der Waals surface area contributed by atoms with E-state index in [9.17, 15) is 0 Å². The molecule has 0 fully saturated rings. The molecular formula is C11H11ClN2S. The van der Waals surface area contributed by atoms with Crippen LogP contribution < -0.4 is 0 Å². The molecule has 0 aliphatic carbocycles. The molecule has 2 rings (SSSR count). The van der Waals surface area contributed by atoms with Gasteiger partial charge in [0.05, 0.1) is 5.03 Å². The van der Waals surface area contributed by atoms with Crippen LogP contribution in [0.5, 0.6) is 0 Å². The Balaban J connectivity index is 2.39. The van der Waals surface area contributed by atoms with Gasteiger partial charge in [-0.1, -0.05) is 29.4 Å². The lowest BCUT2D eigenvalue weighted by atomic mass is 10.1. The number of hydrogen-bond acceptors (Lipinski definition) is 2. The molecule has 0 aliphatic heterocycles. The lowest BCUT2D eigenvalue weighted by Gasteiger charge is -2.09. The highest BCUT2D eigenvalue weighted by Crippen LogP contribution is 2.34. The Morgan fingerprint density at radius 3 is 2.73 bits per heavy atom. The molecule has 0 amide bonds. The Morgan fingerprint density at radius 2 is 2.07 bits per heavy atom. The Kier molecular flexibility index (Phi) is 3.03. The van der Waals surface area contributed by atoms with Crippen molar-refractivity contribution in [2.75, 3.05) is 0 Å². The minimum atomic E-state index is 0.808. The first-order chi connectivity index (χ1) is 7.18. The SMILES string of the molecule is Cc1ccc(Cl)c(C)c1Sc1ccn[nH]1. The van der Waals surface area contributed by atoms with Gasteiger partial charge in [-0.15, -0.1) is 0 Å². The zero-order valence-electron chi connectivity index (χ0n) is 8.54. The zero-order chi connectivity index (χ0) is 10.8. The molecule has 0 unspecified atom stereocenters. The van der Waals surface area contributed by atoms with E-state index in [1.165, 1.54) is 10.5 Å². The smallest absolute Gasteiger partial charge is 0.0955 e.